The molecular weight excluding hydrogens is 306 g/mol. The van der Waals surface area contributed by atoms with Gasteiger partial charge in [-0.25, -0.2) is 0 Å². The molecule has 2 rings (SSSR count). The monoisotopic (exact) mass is 339 g/mol. The maximum absolute atomic E-state index is 11.8. The topological polar surface area (TPSA) is 63.2 Å². The molecule has 0 aromatic heterocycles. The lowest BCUT2D eigenvalue weighted by molar-refractivity contribution is -0.145. The summed E-state index contributed by atoms with van der Waals surface area (Å²) in [6, 6.07) is 0. The minimum atomic E-state index is -0.128. The van der Waals surface area contributed by atoms with E-state index in [4.69, 9.17) is 9.47 Å². The van der Waals surface area contributed by atoms with Gasteiger partial charge in [0.05, 0.1) is 25.7 Å². The van der Waals surface area contributed by atoms with E-state index in [1.807, 2.05) is 0 Å². The van der Waals surface area contributed by atoms with E-state index in [0.717, 1.165) is 19.0 Å². The zero-order valence-electron chi connectivity index (χ0n) is 15.4. The molecule has 24 heavy (non-hydrogen) atoms. The molecule has 0 amide bonds. The summed E-state index contributed by atoms with van der Waals surface area (Å²) in [6.07, 6.45) is 8.09. The van der Waals surface area contributed by atoms with E-state index in [0.29, 0.717) is 19.3 Å². The number of esters is 1. The average molecular weight is 339 g/mol. The minimum absolute atomic E-state index is 0.0733. The highest BCUT2D eigenvalue weighted by molar-refractivity contribution is 5.82. The summed E-state index contributed by atoms with van der Waals surface area (Å²) in [7, 11) is 3.24. The summed E-state index contributed by atoms with van der Waals surface area (Å²) in [4.78, 5) is 18.3. The predicted octanol–water partition coefficient (Wildman–Crippen LogP) is 2.04. The number of hydrogen-bond acceptors (Lipinski definition) is 4. The van der Waals surface area contributed by atoms with Crippen LogP contribution in [-0.2, 0) is 14.3 Å². The van der Waals surface area contributed by atoms with Crippen molar-refractivity contribution in [3.8, 4) is 0 Å². The van der Waals surface area contributed by atoms with Crippen LogP contribution in [-0.4, -0.2) is 63.3 Å². The van der Waals surface area contributed by atoms with Crippen molar-refractivity contribution in [2.24, 2.45) is 16.8 Å². The van der Waals surface area contributed by atoms with Gasteiger partial charge in [0.15, 0.2) is 5.96 Å². The molecule has 0 bridgehead atoms. The fraction of sp³-hybridized carbons (Fsp3) is 0.889. The molecule has 1 aliphatic heterocycles. The molecule has 2 atom stereocenters. The zero-order valence-corrected chi connectivity index (χ0v) is 15.4. The number of hydrogen-bond donors (Lipinski definition) is 1. The summed E-state index contributed by atoms with van der Waals surface area (Å²) in [5.41, 5.74) is 0. The summed E-state index contributed by atoms with van der Waals surface area (Å²) < 4.78 is 10.9. The van der Waals surface area contributed by atoms with Gasteiger partial charge in [0.25, 0.3) is 0 Å². The lowest BCUT2D eigenvalue weighted by Crippen LogP contribution is -2.42. The molecule has 0 radical (unpaired) electrons. The fourth-order valence-corrected chi connectivity index (χ4v) is 3.73. The van der Waals surface area contributed by atoms with Gasteiger partial charge in [-0.1, -0.05) is 32.6 Å². The van der Waals surface area contributed by atoms with Gasteiger partial charge in [0, 0.05) is 26.7 Å². The van der Waals surface area contributed by atoms with Gasteiger partial charge in [0.1, 0.15) is 0 Å². The maximum atomic E-state index is 11.8. The van der Waals surface area contributed by atoms with Crippen LogP contribution >= 0.6 is 0 Å². The van der Waals surface area contributed by atoms with Crippen LogP contribution in [0.2, 0.25) is 0 Å². The van der Waals surface area contributed by atoms with E-state index in [2.05, 4.69) is 22.1 Å². The Bertz CT molecular complexity index is 420. The first-order valence-electron chi connectivity index (χ1n) is 9.30. The SMILES string of the molecule is CN=C(NCCOC1CCCCCC1)N1CC(C)C(C(=O)OC)C1. The molecule has 6 heteroatoms. The zero-order chi connectivity index (χ0) is 17.4. The van der Waals surface area contributed by atoms with Crippen LogP contribution in [0.15, 0.2) is 4.99 Å². The van der Waals surface area contributed by atoms with Gasteiger partial charge >= 0.3 is 5.97 Å². The number of carbonyl (C=O) groups is 1. The third-order valence-corrected chi connectivity index (χ3v) is 5.17. The Morgan fingerprint density at radius 3 is 2.54 bits per heavy atom. The molecule has 6 nitrogen and oxygen atoms in total. The number of aliphatic imine (C=N–C) groups is 1. The van der Waals surface area contributed by atoms with E-state index in [1.54, 1.807) is 7.05 Å². The average Bonchev–Trinajstić information content (AvgIpc) is 2.81. The highest BCUT2D eigenvalue weighted by atomic mass is 16.5. The second-order valence-corrected chi connectivity index (χ2v) is 6.97. The second kappa shape index (κ2) is 9.87. The number of ether oxygens (including phenoxy) is 2. The molecule has 2 unspecified atom stereocenters. The number of carbonyl (C=O) groups excluding carboxylic acids is 1. The normalized spacial score (nSPS) is 26.3. The molecule has 138 valence electrons. The van der Waals surface area contributed by atoms with Gasteiger partial charge in [-0.2, -0.15) is 0 Å². The van der Waals surface area contributed by atoms with Crippen molar-refractivity contribution in [2.75, 3.05) is 40.4 Å². The van der Waals surface area contributed by atoms with Crippen LogP contribution in [0.3, 0.4) is 0 Å². The number of likely N-dealkylation sites (tertiary alicyclic amines) is 1. The van der Waals surface area contributed by atoms with Crippen LogP contribution in [0.1, 0.15) is 45.4 Å². The van der Waals surface area contributed by atoms with Gasteiger partial charge in [-0.15, -0.1) is 0 Å². The highest BCUT2D eigenvalue weighted by Crippen LogP contribution is 2.24. The number of nitrogens with one attached hydrogen (secondary N) is 1. The van der Waals surface area contributed by atoms with Crippen molar-refractivity contribution in [3.63, 3.8) is 0 Å². The largest absolute Gasteiger partial charge is 0.469 e. The molecule has 1 saturated heterocycles. The van der Waals surface area contributed by atoms with Crippen LogP contribution in [0, 0.1) is 11.8 Å². The van der Waals surface area contributed by atoms with Gasteiger partial charge in [-0.05, 0) is 18.8 Å². The fourth-order valence-electron chi connectivity index (χ4n) is 3.73. The van der Waals surface area contributed by atoms with Crippen LogP contribution in [0.5, 0.6) is 0 Å². The molecule has 2 aliphatic rings. The number of guanidine groups is 1. The summed E-state index contributed by atoms with van der Waals surface area (Å²) >= 11 is 0. The van der Waals surface area contributed by atoms with E-state index in [-0.39, 0.29) is 17.8 Å². The molecule has 1 saturated carbocycles. The number of nitrogens with zero attached hydrogens (tertiary/aromatic N) is 2. The molecule has 0 spiro atoms. The Labute approximate surface area is 146 Å². The van der Waals surface area contributed by atoms with Crippen molar-refractivity contribution >= 4 is 11.9 Å². The second-order valence-electron chi connectivity index (χ2n) is 6.97. The van der Waals surface area contributed by atoms with Crippen molar-refractivity contribution in [1.29, 1.82) is 0 Å². The van der Waals surface area contributed by atoms with Gasteiger partial charge in [-0.3, -0.25) is 9.79 Å². The van der Waals surface area contributed by atoms with E-state index < -0.39 is 0 Å². The highest BCUT2D eigenvalue weighted by Gasteiger charge is 2.36. The number of rotatable bonds is 5. The first-order valence-corrected chi connectivity index (χ1v) is 9.30. The standard InChI is InChI=1S/C18H33N3O3/c1-14-12-21(13-16(14)17(22)23-3)18(19-2)20-10-11-24-15-8-6-4-5-7-9-15/h14-16H,4-13H2,1-3H3,(H,19,20). The summed E-state index contributed by atoms with van der Waals surface area (Å²) in [6.45, 7) is 5.02. The van der Waals surface area contributed by atoms with Crippen molar-refractivity contribution < 1.29 is 14.3 Å². The van der Waals surface area contributed by atoms with Crippen molar-refractivity contribution in [2.45, 2.75) is 51.6 Å². The quantitative estimate of drug-likeness (QED) is 0.273. The van der Waals surface area contributed by atoms with Crippen LogP contribution < -0.4 is 5.32 Å². The Hall–Kier alpha value is -1.30. The Kier molecular flexibility index (Phi) is 7.82. The minimum Gasteiger partial charge on any atom is -0.469 e. The van der Waals surface area contributed by atoms with Crippen LogP contribution in [0.4, 0.5) is 0 Å². The van der Waals surface area contributed by atoms with Crippen molar-refractivity contribution in [3.05, 3.63) is 0 Å². The maximum Gasteiger partial charge on any atom is 0.310 e. The van der Waals surface area contributed by atoms with Gasteiger partial charge in [0.2, 0.25) is 0 Å². The molecule has 0 aromatic carbocycles. The van der Waals surface area contributed by atoms with E-state index in [9.17, 15) is 4.79 Å². The van der Waals surface area contributed by atoms with Crippen molar-refractivity contribution in [1.82, 2.24) is 10.2 Å². The molecule has 1 N–H and O–H groups in total. The first kappa shape index (κ1) is 19.0. The summed E-state index contributed by atoms with van der Waals surface area (Å²) in [5, 5.41) is 3.36. The molecular formula is C18H33N3O3. The third-order valence-electron chi connectivity index (χ3n) is 5.17. The lowest BCUT2D eigenvalue weighted by Gasteiger charge is -2.22. The molecule has 1 heterocycles. The summed E-state index contributed by atoms with van der Waals surface area (Å²) in [5.74, 6) is 0.920. The van der Waals surface area contributed by atoms with Crippen LogP contribution in [0.25, 0.3) is 0 Å². The van der Waals surface area contributed by atoms with Gasteiger partial charge < -0.3 is 19.7 Å². The Morgan fingerprint density at radius 2 is 1.92 bits per heavy atom. The third kappa shape index (κ3) is 5.36. The van der Waals surface area contributed by atoms with E-state index >= 15 is 0 Å². The molecule has 1 aliphatic carbocycles. The lowest BCUT2D eigenvalue weighted by atomic mass is 9.99. The van der Waals surface area contributed by atoms with E-state index in [1.165, 1.54) is 45.6 Å². The molecule has 2 fully saturated rings. The smallest absolute Gasteiger partial charge is 0.310 e. The predicted molar refractivity (Wildman–Crippen MR) is 95.0 cm³/mol. The first-order chi connectivity index (χ1) is 11.7. The Morgan fingerprint density at radius 1 is 1.21 bits per heavy atom. The molecule has 0 aromatic rings. The Balaban J connectivity index is 1.71. The number of methoxy groups -OCH3 is 1.